The van der Waals surface area contributed by atoms with Gasteiger partial charge in [0.15, 0.2) is 11.5 Å². The topological polar surface area (TPSA) is 47.9 Å². The predicted molar refractivity (Wildman–Crippen MR) is 61.9 cm³/mol. The molecule has 88 valence electrons. The second-order valence-corrected chi connectivity index (χ2v) is 3.09. The SMILES string of the molecule is CC=C(OC)c1cc(OC)c(O)c(OC)c1. The first-order chi connectivity index (χ1) is 7.67. The van der Waals surface area contributed by atoms with E-state index < -0.39 is 0 Å². The summed E-state index contributed by atoms with van der Waals surface area (Å²) in [7, 11) is 4.56. The first-order valence-electron chi connectivity index (χ1n) is 4.83. The van der Waals surface area contributed by atoms with E-state index >= 15 is 0 Å². The lowest BCUT2D eigenvalue weighted by molar-refractivity contribution is 0.337. The van der Waals surface area contributed by atoms with E-state index in [9.17, 15) is 5.11 Å². The molecule has 0 saturated heterocycles. The smallest absolute Gasteiger partial charge is 0.200 e. The third kappa shape index (κ3) is 2.21. The van der Waals surface area contributed by atoms with Crippen LogP contribution in [0.3, 0.4) is 0 Å². The fourth-order valence-electron chi connectivity index (χ4n) is 1.44. The van der Waals surface area contributed by atoms with E-state index in [0.717, 1.165) is 5.56 Å². The molecule has 16 heavy (non-hydrogen) atoms. The molecule has 0 radical (unpaired) electrons. The van der Waals surface area contributed by atoms with Crippen molar-refractivity contribution >= 4 is 5.76 Å². The number of allylic oxidation sites excluding steroid dienone is 1. The van der Waals surface area contributed by atoms with Gasteiger partial charge < -0.3 is 19.3 Å². The van der Waals surface area contributed by atoms with Crippen LogP contribution in [-0.2, 0) is 4.74 Å². The van der Waals surface area contributed by atoms with Crippen LogP contribution < -0.4 is 9.47 Å². The van der Waals surface area contributed by atoms with Crippen molar-refractivity contribution in [3.63, 3.8) is 0 Å². The van der Waals surface area contributed by atoms with Gasteiger partial charge in [0.25, 0.3) is 0 Å². The maximum absolute atomic E-state index is 9.73. The predicted octanol–water partition coefficient (Wildman–Crippen LogP) is 2.42. The molecule has 0 fully saturated rings. The highest BCUT2D eigenvalue weighted by atomic mass is 16.5. The van der Waals surface area contributed by atoms with Crippen molar-refractivity contribution in [2.45, 2.75) is 6.92 Å². The van der Waals surface area contributed by atoms with Crippen LogP contribution in [0.2, 0.25) is 0 Å². The van der Waals surface area contributed by atoms with Crippen molar-refractivity contribution in [1.29, 1.82) is 0 Å². The number of aromatic hydroxyl groups is 1. The van der Waals surface area contributed by atoms with E-state index in [4.69, 9.17) is 14.2 Å². The van der Waals surface area contributed by atoms with Crippen molar-refractivity contribution in [1.82, 2.24) is 0 Å². The zero-order chi connectivity index (χ0) is 12.1. The highest BCUT2D eigenvalue weighted by Crippen LogP contribution is 2.38. The van der Waals surface area contributed by atoms with Crippen LogP contribution in [0, 0.1) is 0 Å². The molecule has 0 spiro atoms. The highest BCUT2D eigenvalue weighted by molar-refractivity contribution is 5.66. The third-order valence-corrected chi connectivity index (χ3v) is 2.25. The maximum atomic E-state index is 9.73. The molecule has 1 N–H and O–H groups in total. The highest BCUT2D eigenvalue weighted by Gasteiger charge is 2.13. The number of methoxy groups -OCH3 is 3. The first kappa shape index (κ1) is 12.2. The van der Waals surface area contributed by atoms with Crippen molar-refractivity contribution in [3.05, 3.63) is 23.8 Å². The molecule has 0 aromatic heterocycles. The molecule has 4 heteroatoms. The van der Waals surface area contributed by atoms with Crippen LogP contribution in [-0.4, -0.2) is 26.4 Å². The van der Waals surface area contributed by atoms with E-state index in [2.05, 4.69) is 0 Å². The van der Waals surface area contributed by atoms with Gasteiger partial charge in [0.1, 0.15) is 5.76 Å². The van der Waals surface area contributed by atoms with E-state index in [-0.39, 0.29) is 5.75 Å². The molecular formula is C12H16O4. The van der Waals surface area contributed by atoms with Crippen LogP contribution in [0.15, 0.2) is 18.2 Å². The Labute approximate surface area is 95.1 Å². The van der Waals surface area contributed by atoms with Crippen molar-refractivity contribution < 1.29 is 19.3 Å². The van der Waals surface area contributed by atoms with Gasteiger partial charge in [-0.3, -0.25) is 0 Å². The van der Waals surface area contributed by atoms with Crippen LogP contribution in [0.4, 0.5) is 0 Å². The summed E-state index contributed by atoms with van der Waals surface area (Å²) in [5, 5.41) is 9.73. The molecule has 1 aromatic carbocycles. The molecule has 0 bridgehead atoms. The van der Waals surface area contributed by atoms with Gasteiger partial charge in [0.2, 0.25) is 5.75 Å². The van der Waals surface area contributed by atoms with E-state index in [1.807, 2.05) is 13.0 Å². The summed E-state index contributed by atoms with van der Waals surface area (Å²) in [6.45, 7) is 1.87. The van der Waals surface area contributed by atoms with Gasteiger partial charge in [-0.25, -0.2) is 0 Å². The molecule has 0 saturated carbocycles. The Kier molecular flexibility index (Phi) is 4.05. The molecule has 0 amide bonds. The van der Waals surface area contributed by atoms with Gasteiger partial charge in [-0.1, -0.05) is 0 Å². The Balaban J connectivity index is 3.32. The summed E-state index contributed by atoms with van der Waals surface area (Å²) in [4.78, 5) is 0. The Bertz CT molecular complexity index is 371. The monoisotopic (exact) mass is 224 g/mol. The van der Waals surface area contributed by atoms with Gasteiger partial charge in [-0.2, -0.15) is 0 Å². The number of hydrogen-bond donors (Lipinski definition) is 1. The molecule has 4 nitrogen and oxygen atoms in total. The molecule has 1 aromatic rings. The second kappa shape index (κ2) is 5.30. The summed E-state index contributed by atoms with van der Waals surface area (Å²) in [6, 6.07) is 3.38. The minimum atomic E-state index is -0.0136. The van der Waals surface area contributed by atoms with Crippen molar-refractivity contribution in [2.24, 2.45) is 0 Å². The molecule has 1 rings (SSSR count). The maximum Gasteiger partial charge on any atom is 0.200 e. The number of phenols is 1. The number of ether oxygens (including phenoxy) is 3. The number of hydrogen-bond acceptors (Lipinski definition) is 4. The second-order valence-electron chi connectivity index (χ2n) is 3.09. The Morgan fingerprint density at radius 1 is 1.12 bits per heavy atom. The number of rotatable bonds is 4. The minimum absolute atomic E-state index is 0.0136. The summed E-state index contributed by atoms with van der Waals surface area (Å²) < 4.78 is 15.3. The summed E-state index contributed by atoms with van der Waals surface area (Å²) in [6.07, 6.45) is 1.82. The quantitative estimate of drug-likeness (QED) is 0.798. The lowest BCUT2D eigenvalue weighted by Gasteiger charge is -2.12. The molecular weight excluding hydrogens is 208 g/mol. The fraction of sp³-hybridized carbons (Fsp3) is 0.333. The van der Waals surface area contributed by atoms with Crippen molar-refractivity contribution in [2.75, 3.05) is 21.3 Å². The molecule has 0 aliphatic heterocycles. The minimum Gasteiger partial charge on any atom is -0.502 e. The zero-order valence-electron chi connectivity index (χ0n) is 9.90. The normalized spacial score (nSPS) is 11.1. The Morgan fingerprint density at radius 2 is 1.62 bits per heavy atom. The van der Waals surface area contributed by atoms with E-state index in [0.29, 0.717) is 17.3 Å². The summed E-state index contributed by atoms with van der Waals surface area (Å²) in [5.74, 6) is 1.38. The number of benzene rings is 1. The standard InChI is InChI=1S/C12H16O4/c1-5-9(14-2)8-6-10(15-3)12(13)11(7-8)16-4/h5-7,13H,1-4H3. The van der Waals surface area contributed by atoms with E-state index in [1.165, 1.54) is 14.2 Å². The third-order valence-electron chi connectivity index (χ3n) is 2.25. The van der Waals surface area contributed by atoms with Crippen LogP contribution >= 0.6 is 0 Å². The lowest BCUT2D eigenvalue weighted by atomic mass is 10.1. The molecule has 0 heterocycles. The Hall–Kier alpha value is -1.84. The van der Waals surface area contributed by atoms with Crippen LogP contribution in [0.1, 0.15) is 12.5 Å². The number of phenolic OH excluding ortho intramolecular Hbond substituents is 1. The van der Waals surface area contributed by atoms with Gasteiger partial charge in [0.05, 0.1) is 21.3 Å². The van der Waals surface area contributed by atoms with Crippen LogP contribution in [0.5, 0.6) is 17.2 Å². The van der Waals surface area contributed by atoms with Gasteiger partial charge in [0, 0.05) is 5.56 Å². The fourth-order valence-corrected chi connectivity index (χ4v) is 1.44. The van der Waals surface area contributed by atoms with Crippen molar-refractivity contribution in [3.8, 4) is 17.2 Å². The largest absolute Gasteiger partial charge is 0.502 e. The summed E-state index contributed by atoms with van der Waals surface area (Å²) >= 11 is 0. The van der Waals surface area contributed by atoms with Gasteiger partial charge in [-0.05, 0) is 25.1 Å². The molecule has 0 aliphatic rings. The average Bonchev–Trinajstić information content (AvgIpc) is 2.32. The first-order valence-corrected chi connectivity index (χ1v) is 4.83. The van der Waals surface area contributed by atoms with E-state index in [1.54, 1.807) is 19.2 Å². The zero-order valence-corrected chi connectivity index (χ0v) is 9.90. The molecule has 0 atom stereocenters. The van der Waals surface area contributed by atoms with Gasteiger partial charge in [-0.15, -0.1) is 0 Å². The average molecular weight is 224 g/mol. The molecule has 0 aliphatic carbocycles. The molecule has 0 unspecified atom stereocenters. The lowest BCUT2D eigenvalue weighted by Crippen LogP contribution is -1.93. The van der Waals surface area contributed by atoms with Gasteiger partial charge >= 0.3 is 0 Å². The summed E-state index contributed by atoms with van der Waals surface area (Å²) in [5.41, 5.74) is 0.788. The van der Waals surface area contributed by atoms with Crippen LogP contribution in [0.25, 0.3) is 5.76 Å². The Morgan fingerprint density at radius 3 is 1.94 bits per heavy atom.